The lowest BCUT2D eigenvalue weighted by Crippen LogP contribution is -2.51. The van der Waals surface area contributed by atoms with Crippen molar-refractivity contribution in [3.63, 3.8) is 0 Å². The van der Waals surface area contributed by atoms with E-state index in [9.17, 15) is 9.59 Å². The Kier molecular flexibility index (Phi) is 7.59. The van der Waals surface area contributed by atoms with Crippen LogP contribution in [0.2, 0.25) is 0 Å². The van der Waals surface area contributed by atoms with Crippen LogP contribution in [-0.4, -0.2) is 23.5 Å². The normalized spacial score (nSPS) is 13.4. The first-order chi connectivity index (χ1) is 14.9. The van der Waals surface area contributed by atoms with Crippen molar-refractivity contribution in [2.45, 2.75) is 20.0 Å². The van der Waals surface area contributed by atoms with Gasteiger partial charge in [0.1, 0.15) is 12.2 Å². The topological polar surface area (TPSA) is 76.7 Å². The van der Waals surface area contributed by atoms with E-state index in [1.165, 1.54) is 6.08 Å². The Morgan fingerprint density at radius 1 is 1.10 bits per heavy atom. The Balaban J connectivity index is 1.97. The second-order valence-corrected chi connectivity index (χ2v) is 7.97. The maximum absolute atomic E-state index is 12.2. The van der Waals surface area contributed by atoms with Gasteiger partial charge in [0.2, 0.25) is 0 Å². The summed E-state index contributed by atoms with van der Waals surface area (Å²) >= 11 is 8.26. The molecule has 6 nitrogen and oxygen atoms in total. The predicted octanol–water partition coefficient (Wildman–Crippen LogP) is 4.07. The number of benzene rings is 2. The van der Waals surface area contributed by atoms with Crippen molar-refractivity contribution < 1.29 is 19.1 Å². The van der Waals surface area contributed by atoms with Gasteiger partial charge in [-0.3, -0.25) is 20.2 Å². The molecule has 8 heteroatoms. The summed E-state index contributed by atoms with van der Waals surface area (Å²) in [6.07, 6.45) is 3.78. The number of amides is 2. The summed E-state index contributed by atoms with van der Waals surface area (Å²) in [5.74, 6) is 0.0311. The van der Waals surface area contributed by atoms with Crippen LogP contribution in [0.3, 0.4) is 0 Å². The zero-order valence-electron chi connectivity index (χ0n) is 16.9. The van der Waals surface area contributed by atoms with Gasteiger partial charge in [-0.1, -0.05) is 34.1 Å². The summed E-state index contributed by atoms with van der Waals surface area (Å²) in [6, 6.07) is 11.4. The largest absolute Gasteiger partial charge is 0.490 e. The van der Waals surface area contributed by atoms with Gasteiger partial charge in [-0.15, -0.1) is 6.58 Å². The van der Waals surface area contributed by atoms with Gasteiger partial charge in [0, 0.05) is 10.0 Å². The van der Waals surface area contributed by atoms with Gasteiger partial charge in [0.25, 0.3) is 11.8 Å². The average molecular weight is 501 g/mol. The number of allylic oxidation sites excluding steroid dienone is 1. The Morgan fingerprint density at radius 2 is 1.77 bits per heavy atom. The molecule has 0 spiro atoms. The predicted molar refractivity (Wildman–Crippen MR) is 127 cm³/mol. The number of thiocarbonyl (C=S) groups is 1. The molecule has 1 heterocycles. The van der Waals surface area contributed by atoms with Crippen LogP contribution in [0.25, 0.3) is 6.08 Å². The zero-order chi connectivity index (χ0) is 22.4. The first kappa shape index (κ1) is 22.7. The third-order valence-electron chi connectivity index (χ3n) is 4.37. The van der Waals surface area contributed by atoms with Crippen molar-refractivity contribution >= 4 is 51.2 Å². The maximum Gasteiger partial charge on any atom is 0.263 e. The Hall–Kier alpha value is -2.97. The van der Waals surface area contributed by atoms with Gasteiger partial charge < -0.3 is 9.47 Å². The van der Waals surface area contributed by atoms with Crippen LogP contribution in [0.1, 0.15) is 23.6 Å². The number of halogens is 1. The monoisotopic (exact) mass is 500 g/mol. The lowest BCUT2D eigenvalue weighted by atomic mass is 10.0. The van der Waals surface area contributed by atoms with Gasteiger partial charge in [0.15, 0.2) is 16.6 Å². The average Bonchev–Trinajstić information content (AvgIpc) is 2.72. The number of hydrogen-bond donors (Lipinski definition) is 2. The summed E-state index contributed by atoms with van der Waals surface area (Å²) in [5.41, 5.74) is 2.43. The summed E-state index contributed by atoms with van der Waals surface area (Å²) in [4.78, 5) is 24.4. The number of hydrogen-bond acceptors (Lipinski definition) is 5. The lowest BCUT2D eigenvalue weighted by molar-refractivity contribution is -0.123. The fourth-order valence-electron chi connectivity index (χ4n) is 3.01. The second-order valence-electron chi connectivity index (χ2n) is 6.64. The molecule has 0 aromatic heterocycles. The standard InChI is InChI=1S/C23H21BrN2O4S/c1-3-5-16-10-15(11-18-21(27)25-23(31)26-22(18)28)12-19(29-4-2)20(16)30-13-14-6-8-17(24)9-7-14/h3,6-12H,1,4-5,13H2,2H3,(H2,25,26,27,28,31). The minimum atomic E-state index is -0.549. The molecule has 160 valence electrons. The van der Waals surface area contributed by atoms with Crippen LogP contribution in [0.4, 0.5) is 0 Å². The molecule has 0 atom stereocenters. The van der Waals surface area contributed by atoms with Crippen LogP contribution in [0, 0.1) is 0 Å². The molecule has 31 heavy (non-hydrogen) atoms. The molecule has 2 N–H and O–H groups in total. The summed E-state index contributed by atoms with van der Waals surface area (Å²) < 4.78 is 12.9. The number of nitrogens with one attached hydrogen (secondary N) is 2. The smallest absolute Gasteiger partial charge is 0.263 e. The van der Waals surface area contributed by atoms with Crippen LogP contribution >= 0.6 is 28.1 Å². The third-order valence-corrected chi connectivity index (χ3v) is 5.10. The van der Waals surface area contributed by atoms with E-state index < -0.39 is 11.8 Å². The number of ether oxygens (including phenoxy) is 2. The molecule has 2 amide bonds. The van der Waals surface area contributed by atoms with Gasteiger partial charge in [-0.05, 0) is 67.0 Å². The molecule has 2 aromatic rings. The van der Waals surface area contributed by atoms with Gasteiger partial charge >= 0.3 is 0 Å². The number of rotatable bonds is 8. The fourth-order valence-corrected chi connectivity index (χ4v) is 3.46. The van der Waals surface area contributed by atoms with Crippen molar-refractivity contribution in [3.05, 3.63) is 75.8 Å². The minimum absolute atomic E-state index is 0.00816. The van der Waals surface area contributed by atoms with Gasteiger partial charge in [-0.2, -0.15) is 0 Å². The Bertz CT molecular complexity index is 1040. The van der Waals surface area contributed by atoms with E-state index in [-0.39, 0.29) is 10.7 Å². The van der Waals surface area contributed by atoms with Crippen molar-refractivity contribution in [2.75, 3.05) is 6.61 Å². The van der Waals surface area contributed by atoms with E-state index >= 15 is 0 Å². The summed E-state index contributed by atoms with van der Waals surface area (Å²) in [6.45, 7) is 6.48. The highest BCUT2D eigenvalue weighted by Gasteiger charge is 2.26. The molecule has 0 saturated carbocycles. The minimum Gasteiger partial charge on any atom is -0.490 e. The molecule has 0 unspecified atom stereocenters. The Morgan fingerprint density at radius 3 is 2.39 bits per heavy atom. The lowest BCUT2D eigenvalue weighted by Gasteiger charge is -2.18. The summed E-state index contributed by atoms with van der Waals surface area (Å²) in [5, 5.41) is 4.85. The second kappa shape index (κ2) is 10.4. The molecule has 0 radical (unpaired) electrons. The molecule has 1 aliphatic heterocycles. The van der Waals surface area contributed by atoms with E-state index in [2.05, 4.69) is 33.1 Å². The van der Waals surface area contributed by atoms with Crippen LogP contribution in [0.5, 0.6) is 11.5 Å². The van der Waals surface area contributed by atoms with E-state index in [0.29, 0.717) is 36.7 Å². The van der Waals surface area contributed by atoms with Crippen LogP contribution in [0.15, 0.2) is 59.1 Å². The van der Waals surface area contributed by atoms with Crippen LogP contribution in [-0.2, 0) is 22.6 Å². The first-order valence-electron chi connectivity index (χ1n) is 9.57. The molecule has 0 aliphatic carbocycles. The quantitative estimate of drug-likeness (QED) is 0.247. The SMILES string of the molecule is C=CCc1cc(C=C2C(=O)NC(=S)NC2=O)cc(OCC)c1OCc1ccc(Br)cc1. The number of carbonyl (C=O) groups excluding carboxylic acids is 2. The summed E-state index contributed by atoms with van der Waals surface area (Å²) in [7, 11) is 0. The van der Waals surface area contributed by atoms with Crippen molar-refractivity contribution in [3.8, 4) is 11.5 Å². The Labute approximate surface area is 194 Å². The van der Waals surface area contributed by atoms with Crippen LogP contribution < -0.4 is 20.1 Å². The first-order valence-corrected chi connectivity index (χ1v) is 10.8. The highest BCUT2D eigenvalue weighted by atomic mass is 79.9. The molecule has 2 aromatic carbocycles. The van der Waals surface area contributed by atoms with E-state index in [1.54, 1.807) is 12.1 Å². The molecular weight excluding hydrogens is 480 g/mol. The van der Waals surface area contributed by atoms with E-state index in [4.69, 9.17) is 21.7 Å². The van der Waals surface area contributed by atoms with E-state index in [1.807, 2.05) is 37.3 Å². The molecular formula is C23H21BrN2O4S. The number of carbonyl (C=O) groups is 2. The van der Waals surface area contributed by atoms with E-state index in [0.717, 1.165) is 15.6 Å². The third kappa shape index (κ3) is 5.80. The van der Waals surface area contributed by atoms with Crippen molar-refractivity contribution in [1.82, 2.24) is 10.6 Å². The van der Waals surface area contributed by atoms with Crippen molar-refractivity contribution in [1.29, 1.82) is 0 Å². The van der Waals surface area contributed by atoms with Gasteiger partial charge in [0.05, 0.1) is 6.61 Å². The maximum atomic E-state index is 12.2. The van der Waals surface area contributed by atoms with Gasteiger partial charge in [-0.25, -0.2) is 0 Å². The highest BCUT2D eigenvalue weighted by Crippen LogP contribution is 2.35. The molecule has 1 saturated heterocycles. The molecule has 1 fully saturated rings. The molecule has 1 aliphatic rings. The molecule has 3 rings (SSSR count). The molecule has 0 bridgehead atoms. The van der Waals surface area contributed by atoms with Crippen molar-refractivity contribution in [2.24, 2.45) is 0 Å². The zero-order valence-corrected chi connectivity index (χ0v) is 19.3. The highest BCUT2D eigenvalue weighted by molar-refractivity contribution is 9.10. The fraction of sp³-hybridized carbons (Fsp3) is 0.174.